The van der Waals surface area contributed by atoms with E-state index in [9.17, 15) is 10.1 Å². The monoisotopic (exact) mass is 459 g/mol. The molecular weight excluding hydrogens is 442 g/mol. The van der Waals surface area contributed by atoms with E-state index in [1.165, 1.54) is 6.33 Å². The largest absolute Gasteiger partial charge is 0.353 e. The Kier molecular flexibility index (Phi) is 6.51. The topological polar surface area (TPSA) is 118 Å². The number of azo groups is 1. The summed E-state index contributed by atoms with van der Waals surface area (Å²) in [5, 5.41) is 26.6. The van der Waals surface area contributed by atoms with Crippen LogP contribution >= 0.6 is 11.6 Å². The Morgan fingerprint density at radius 3 is 2.03 bits per heavy atom. The van der Waals surface area contributed by atoms with Crippen LogP contribution in [-0.2, 0) is 0 Å². The van der Waals surface area contributed by atoms with Gasteiger partial charge in [-0.3, -0.25) is 10.1 Å². The third-order valence-electron chi connectivity index (χ3n) is 4.61. The zero-order valence-corrected chi connectivity index (χ0v) is 18.2. The number of rotatable bonds is 7. The first-order chi connectivity index (χ1) is 16.0. The Hall–Kier alpha value is -4.37. The van der Waals surface area contributed by atoms with Gasteiger partial charge in [0.15, 0.2) is 0 Å². The number of nitro groups is 1. The Morgan fingerprint density at radius 2 is 1.42 bits per heavy atom. The highest BCUT2D eigenvalue weighted by Crippen LogP contribution is 2.34. The molecule has 0 unspecified atom stereocenters. The van der Waals surface area contributed by atoms with Gasteiger partial charge in [0.05, 0.1) is 16.3 Å². The lowest BCUT2D eigenvalue weighted by molar-refractivity contribution is -0.383. The normalized spacial score (nSPS) is 10.8. The van der Waals surface area contributed by atoms with Gasteiger partial charge in [-0.05, 0) is 61.0 Å². The molecule has 0 aliphatic heterocycles. The summed E-state index contributed by atoms with van der Waals surface area (Å²) in [6.45, 7) is 1.87. The minimum Gasteiger partial charge on any atom is -0.334 e. The molecular formula is C23H18ClN7O2. The van der Waals surface area contributed by atoms with Crippen molar-refractivity contribution >= 4 is 51.7 Å². The third-order valence-corrected chi connectivity index (χ3v) is 5.01. The van der Waals surface area contributed by atoms with Crippen molar-refractivity contribution in [3.8, 4) is 0 Å². The van der Waals surface area contributed by atoms with Gasteiger partial charge in [0.2, 0.25) is 11.6 Å². The molecule has 2 N–H and O–H groups in total. The minimum absolute atomic E-state index is 0.0469. The van der Waals surface area contributed by atoms with Crippen molar-refractivity contribution in [1.29, 1.82) is 0 Å². The van der Waals surface area contributed by atoms with E-state index < -0.39 is 4.92 Å². The standard InChI is InChI=1S/C23H18ClN7O2/c1-15-7-8-19(13-20(15)24)28-23-21(31(32)33)22(25-14-26-23)27-16-9-11-18(12-10-16)30-29-17-5-3-2-4-6-17/h2-14H,1H3,(H2,25,26,27,28). The fourth-order valence-corrected chi connectivity index (χ4v) is 3.08. The van der Waals surface area contributed by atoms with E-state index in [0.29, 0.717) is 22.1 Å². The molecule has 0 saturated carbocycles. The van der Waals surface area contributed by atoms with Crippen LogP contribution in [0.5, 0.6) is 0 Å². The molecule has 1 aromatic heterocycles. The smallest absolute Gasteiger partial charge is 0.334 e. The van der Waals surface area contributed by atoms with Crippen molar-refractivity contribution in [2.45, 2.75) is 6.92 Å². The number of anilines is 4. The van der Waals surface area contributed by atoms with Crippen molar-refractivity contribution in [1.82, 2.24) is 9.97 Å². The van der Waals surface area contributed by atoms with Crippen LogP contribution in [0.25, 0.3) is 0 Å². The number of aromatic nitrogens is 2. The van der Waals surface area contributed by atoms with Gasteiger partial charge in [0.25, 0.3) is 0 Å². The summed E-state index contributed by atoms with van der Waals surface area (Å²) >= 11 is 6.16. The van der Waals surface area contributed by atoms with E-state index in [-0.39, 0.29) is 17.3 Å². The molecule has 0 radical (unpaired) electrons. The molecule has 0 aliphatic rings. The van der Waals surface area contributed by atoms with Crippen LogP contribution in [0.15, 0.2) is 89.4 Å². The molecule has 3 aromatic carbocycles. The molecule has 9 nitrogen and oxygen atoms in total. The summed E-state index contributed by atoms with van der Waals surface area (Å²) in [6, 6.07) is 21.6. The second kappa shape index (κ2) is 9.84. The molecule has 4 rings (SSSR count). The molecule has 0 saturated heterocycles. The van der Waals surface area contributed by atoms with Gasteiger partial charge >= 0.3 is 5.69 Å². The average Bonchev–Trinajstić information content (AvgIpc) is 2.82. The number of aryl methyl sites for hydroxylation is 1. The Bertz CT molecular complexity index is 1310. The first-order valence-corrected chi connectivity index (χ1v) is 10.2. The minimum atomic E-state index is -0.539. The van der Waals surface area contributed by atoms with Crippen molar-refractivity contribution in [2.24, 2.45) is 10.2 Å². The van der Waals surface area contributed by atoms with E-state index in [1.54, 1.807) is 36.4 Å². The highest BCUT2D eigenvalue weighted by atomic mass is 35.5. The van der Waals surface area contributed by atoms with E-state index in [1.807, 2.05) is 43.3 Å². The van der Waals surface area contributed by atoms with Crippen molar-refractivity contribution in [3.05, 3.63) is 99.8 Å². The molecule has 0 atom stereocenters. The second-order valence-electron chi connectivity index (χ2n) is 6.97. The van der Waals surface area contributed by atoms with Crippen molar-refractivity contribution < 1.29 is 4.92 Å². The second-order valence-corrected chi connectivity index (χ2v) is 7.38. The fraction of sp³-hybridized carbons (Fsp3) is 0.0435. The zero-order chi connectivity index (χ0) is 23.2. The average molecular weight is 460 g/mol. The van der Waals surface area contributed by atoms with E-state index in [2.05, 4.69) is 30.8 Å². The predicted molar refractivity (Wildman–Crippen MR) is 129 cm³/mol. The van der Waals surface area contributed by atoms with E-state index >= 15 is 0 Å². The van der Waals surface area contributed by atoms with E-state index in [0.717, 1.165) is 11.3 Å². The van der Waals surface area contributed by atoms with Crippen LogP contribution in [0.4, 0.5) is 40.1 Å². The number of nitrogens with one attached hydrogen (secondary N) is 2. The number of benzene rings is 3. The molecule has 0 amide bonds. The third kappa shape index (κ3) is 5.46. The van der Waals surface area contributed by atoms with Crippen LogP contribution in [0.3, 0.4) is 0 Å². The molecule has 0 spiro atoms. The molecule has 0 aliphatic carbocycles. The summed E-state index contributed by atoms with van der Waals surface area (Å²) in [6.07, 6.45) is 1.25. The Morgan fingerprint density at radius 1 is 0.848 bits per heavy atom. The van der Waals surface area contributed by atoms with Crippen LogP contribution in [0.1, 0.15) is 5.56 Å². The summed E-state index contributed by atoms with van der Waals surface area (Å²) in [7, 11) is 0. The number of halogens is 1. The quantitative estimate of drug-likeness (QED) is 0.171. The van der Waals surface area contributed by atoms with Gasteiger partial charge < -0.3 is 10.6 Å². The summed E-state index contributed by atoms with van der Waals surface area (Å²) < 4.78 is 0. The number of hydrogen-bond acceptors (Lipinski definition) is 8. The lowest BCUT2D eigenvalue weighted by Crippen LogP contribution is -2.05. The highest BCUT2D eigenvalue weighted by molar-refractivity contribution is 6.31. The molecule has 164 valence electrons. The summed E-state index contributed by atoms with van der Waals surface area (Å²) in [4.78, 5) is 19.4. The van der Waals surface area contributed by atoms with Crippen LogP contribution in [0, 0.1) is 17.0 Å². The first kappa shape index (κ1) is 21.8. The molecule has 1 heterocycles. The zero-order valence-electron chi connectivity index (χ0n) is 17.4. The maximum Gasteiger partial charge on any atom is 0.353 e. The van der Waals surface area contributed by atoms with Gasteiger partial charge in [-0.2, -0.15) is 10.2 Å². The van der Waals surface area contributed by atoms with Gasteiger partial charge in [0.1, 0.15) is 6.33 Å². The maximum atomic E-state index is 11.8. The molecule has 33 heavy (non-hydrogen) atoms. The molecule has 0 bridgehead atoms. The van der Waals surface area contributed by atoms with Gasteiger partial charge in [-0.25, -0.2) is 9.97 Å². The lowest BCUT2D eigenvalue weighted by atomic mass is 10.2. The SMILES string of the molecule is Cc1ccc(Nc2ncnc(Nc3ccc(N=Nc4ccccc4)cc3)c2[N+](=O)[O-])cc1Cl. The van der Waals surface area contributed by atoms with Crippen molar-refractivity contribution in [3.63, 3.8) is 0 Å². The van der Waals surface area contributed by atoms with Crippen LogP contribution in [0.2, 0.25) is 5.02 Å². The Balaban J connectivity index is 1.55. The van der Waals surface area contributed by atoms with Gasteiger partial charge in [-0.15, -0.1) is 0 Å². The summed E-state index contributed by atoms with van der Waals surface area (Å²) in [5.74, 6) is 0.0973. The first-order valence-electron chi connectivity index (χ1n) is 9.86. The molecule has 0 fully saturated rings. The lowest BCUT2D eigenvalue weighted by Gasteiger charge is -2.11. The van der Waals surface area contributed by atoms with Gasteiger partial charge in [0, 0.05) is 16.4 Å². The molecule has 4 aromatic rings. The Labute approximate surface area is 194 Å². The van der Waals surface area contributed by atoms with Crippen LogP contribution < -0.4 is 10.6 Å². The van der Waals surface area contributed by atoms with Gasteiger partial charge in [-0.1, -0.05) is 35.9 Å². The number of hydrogen-bond donors (Lipinski definition) is 2. The highest BCUT2D eigenvalue weighted by Gasteiger charge is 2.23. The number of nitrogens with zero attached hydrogens (tertiary/aromatic N) is 5. The maximum absolute atomic E-state index is 11.8. The summed E-state index contributed by atoms with van der Waals surface area (Å²) in [5.41, 5.74) is 3.16. The van der Waals surface area contributed by atoms with Crippen LogP contribution in [-0.4, -0.2) is 14.9 Å². The van der Waals surface area contributed by atoms with Crippen molar-refractivity contribution in [2.75, 3.05) is 10.6 Å². The van der Waals surface area contributed by atoms with E-state index in [4.69, 9.17) is 11.6 Å². The fourth-order valence-electron chi connectivity index (χ4n) is 2.90. The molecule has 10 heteroatoms. The predicted octanol–water partition coefficient (Wildman–Crippen LogP) is 7.25.